The van der Waals surface area contributed by atoms with Gasteiger partial charge in [-0.05, 0) is 42.8 Å². The van der Waals surface area contributed by atoms with Gasteiger partial charge in [0.05, 0.1) is 10.6 Å². The summed E-state index contributed by atoms with van der Waals surface area (Å²) in [6, 6.07) is 20.2. The van der Waals surface area contributed by atoms with Crippen molar-refractivity contribution < 1.29 is 13.2 Å². The predicted molar refractivity (Wildman–Crippen MR) is 127 cm³/mol. The van der Waals surface area contributed by atoms with E-state index >= 15 is 0 Å². The molecule has 9 nitrogen and oxygen atoms in total. The molecule has 4 rings (SSSR count). The minimum Gasteiger partial charge on any atom is -0.308 e. The Hall–Kier alpha value is -3.73. The molecule has 0 saturated carbocycles. The number of nitrogens with one attached hydrogen (secondary N) is 2. The maximum Gasteiger partial charge on any atom is 0.326 e. The van der Waals surface area contributed by atoms with Crippen LogP contribution < -0.4 is 15.8 Å². The number of carbonyl (C=O) groups is 1. The van der Waals surface area contributed by atoms with Gasteiger partial charge in [-0.15, -0.1) is 5.10 Å². The third kappa shape index (κ3) is 5.20. The first kappa shape index (κ1) is 22.5. The Morgan fingerprint density at radius 3 is 2.45 bits per heavy atom. The highest BCUT2D eigenvalue weighted by atomic mass is 35.5. The van der Waals surface area contributed by atoms with E-state index in [2.05, 4.69) is 20.7 Å². The molecule has 0 fully saturated rings. The van der Waals surface area contributed by atoms with Gasteiger partial charge >= 0.3 is 6.03 Å². The van der Waals surface area contributed by atoms with E-state index in [0.717, 1.165) is 5.56 Å². The number of halogens is 1. The molecule has 1 heterocycles. The van der Waals surface area contributed by atoms with E-state index in [1.54, 1.807) is 41.9 Å². The Labute approximate surface area is 195 Å². The molecule has 4 N–H and O–H groups in total. The SMILES string of the molecule is Cc1ccc(NC(=O)Nc2nc(-c3ccccc3)n(-c3cccc(Cl)c3)n2)cc1S(N)(=O)=O. The second-order valence-electron chi connectivity index (χ2n) is 7.12. The molecule has 0 radical (unpaired) electrons. The van der Waals surface area contributed by atoms with Gasteiger partial charge in [0.1, 0.15) is 0 Å². The molecule has 168 valence electrons. The maximum atomic E-state index is 12.6. The molecule has 11 heteroatoms. The zero-order valence-corrected chi connectivity index (χ0v) is 18.9. The van der Waals surface area contributed by atoms with Crippen molar-refractivity contribution in [3.05, 3.63) is 83.4 Å². The zero-order chi connectivity index (χ0) is 23.6. The molecule has 33 heavy (non-hydrogen) atoms. The Bertz CT molecular complexity index is 1440. The van der Waals surface area contributed by atoms with Gasteiger partial charge < -0.3 is 5.32 Å². The molecule has 0 bridgehead atoms. The molecule has 4 aromatic rings. The topological polar surface area (TPSA) is 132 Å². The molecule has 1 aromatic heterocycles. The predicted octanol–water partition coefficient (Wildman–Crippen LogP) is 4.19. The lowest BCUT2D eigenvalue weighted by Crippen LogP contribution is -2.21. The molecule has 0 aliphatic carbocycles. The first-order valence-corrected chi connectivity index (χ1v) is 11.6. The molecule has 0 unspecified atom stereocenters. The summed E-state index contributed by atoms with van der Waals surface area (Å²) in [7, 11) is -3.93. The first-order chi connectivity index (χ1) is 15.7. The lowest BCUT2D eigenvalue weighted by atomic mass is 10.2. The quantitative estimate of drug-likeness (QED) is 0.392. The van der Waals surface area contributed by atoms with Crippen LogP contribution in [0.1, 0.15) is 5.56 Å². The molecule has 0 atom stereocenters. The van der Waals surface area contributed by atoms with Crippen molar-refractivity contribution >= 4 is 39.3 Å². The Kier molecular flexibility index (Phi) is 6.14. The van der Waals surface area contributed by atoms with E-state index in [9.17, 15) is 13.2 Å². The maximum absolute atomic E-state index is 12.6. The number of anilines is 2. The second-order valence-corrected chi connectivity index (χ2v) is 9.09. The lowest BCUT2D eigenvalue weighted by Gasteiger charge is -2.08. The summed E-state index contributed by atoms with van der Waals surface area (Å²) in [5.41, 5.74) is 2.17. The highest BCUT2D eigenvalue weighted by molar-refractivity contribution is 7.89. The summed E-state index contributed by atoms with van der Waals surface area (Å²) in [6.07, 6.45) is 0. The Morgan fingerprint density at radius 1 is 1.00 bits per heavy atom. The van der Waals surface area contributed by atoms with Gasteiger partial charge in [-0.1, -0.05) is 54.1 Å². The minimum absolute atomic E-state index is 0.0464. The standard InChI is InChI=1S/C22H19ClN6O3S/c1-14-10-11-17(13-19(14)33(24,31)32)25-22(30)27-21-26-20(15-6-3-2-4-7-15)29(28-21)18-9-5-8-16(23)12-18/h2-13H,1H3,(H2,24,31,32)(H2,25,27,28,30). The van der Waals surface area contributed by atoms with Crippen LogP contribution in [-0.2, 0) is 10.0 Å². The van der Waals surface area contributed by atoms with Gasteiger partial charge in [0.15, 0.2) is 5.82 Å². The van der Waals surface area contributed by atoms with Gasteiger partial charge in [0.2, 0.25) is 10.0 Å². The van der Waals surface area contributed by atoms with Crippen molar-refractivity contribution in [1.82, 2.24) is 14.8 Å². The number of primary sulfonamides is 1. The fourth-order valence-corrected chi connectivity index (χ4v) is 4.17. The number of rotatable bonds is 5. The molecule has 2 amide bonds. The van der Waals surface area contributed by atoms with Gasteiger partial charge in [-0.25, -0.2) is 23.0 Å². The summed E-state index contributed by atoms with van der Waals surface area (Å²) in [5, 5.41) is 15.3. The number of aryl methyl sites for hydroxylation is 1. The van der Waals surface area contributed by atoms with Crippen molar-refractivity contribution in [2.75, 3.05) is 10.6 Å². The zero-order valence-electron chi connectivity index (χ0n) is 17.4. The number of hydrogen-bond acceptors (Lipinski definition) is 5. The Balaban J connectivity index is 1.63. The van der Waals surface area contributed by atoms with Crippen molar-refractivity contribution in [2.45, 2.75) is 11.8 Å². The molecule has 3 aromatic carbocycles. The summed E-state index contributed by atoms with van der Waals surface area (Å²) in [6.45, 7) is 1.61. The van der Waals surface area contributed by atoms with Gasteiger partial charge in [-0.3, -0.25) is 5.32 Å². The van der Waals surface area contributed by atoms with Crippen LogP contribution >= 0.6 is 11.6 Å². The fourth-order valence-electron chi connectivity index (χ4n) is 3.18. The van der Waals surface area contributed by atoms with Crippen LogP contribution in [0.25, 0.3) is 17.1 Å². The number of benzene rings is 3. The van der Waals surface area contributed by atoms with Crippen LogP contribution in [0, 0.1) is 6.92 Å². The third-order valence-corrected chi connectivity index (χ3v) is 5.96. The van der Waals surface area contributed by atoms with Crippen LogP contribution in [0.15, 0.2) is 77.7 Å². The molecular formula is C22H19ClN6O3S. The molecule has 0 aliphatic rings. The van der Waals surface area contributed by atoms with Crippen molar-refractivity contribution in [3.63, 3.8) is 0 Å². The number of sulfonamides is 1. The Morgan fingerprint density at radius 2 is 1.76 bits per heavy atom. The molecular weight excluding hydrogens is 464 g/mol. The normalized spacial score (nSPS) is 11.2. The second kappa shape index (κ2) is 9.02. The largest absolute Gasteiger partial charge is 0.326 e. The highest BCUT2D eigenvalue weighted by Crippen LogP contribution is 2.24. The molecule has 0 aliphatic heterocycles. The summed E-state index contributed by atoms with van der Waals surface area (Å²) in [5.74, 6) is 0.546. The van der Waals surface area contributed by atoms with Crippen LogP contribution in [-0.4, -0.2) is 29.2 Å². The van der Waals surface area contributed by atoms with Crippen LogP contribution in [0.3, 0.4) is 0 Å². The van der Waals surface area contributed by atoms with E-state index in [-0.39, 0.29) is 16.5 Å². The van der Waals surface area contributed by atoms with Crippen LogP contribution in [0.4, 0.5) is 16.4 Å². The van der Waals surface area contributed by atoms with E-state index in [0.29, 0.717) is 22.1 Å². The number of nitrogens with zero attached hydrogens (tertiary/aromatic N) is 3. The van der Waals surface area contributed by atoms with Gasteiger partial charge in [0, 0.05) is 16.3 Å². The van der Waals surface area contributed by atoms with E-state index in [1.165, 1.54) is 6.07 Å². The van der Waals surface area contributed by atoms with E-state index in [1.807, 2.05) is 36.4 Å². The summed E-state index contributed by atoms with van der Waals surface area (Å²) in [4.78, 5) is 16.9. The third-order valence-electron chi connectivity index (χ3n) is 4.67. The number of nitrogens with two attached hydrogens (primary N) is 1. The number of carbonyl (C=O) groups excluding carboxylic acids is 1. The lowest BCUT2D eigenvalue weighted by molar-refractivity contribution is 0.262. The number of hydrogen-bond donors (Lipinski definition) is 3. The highest BCUT2D eigenvalue weighted by Gasteiger charge is 2.17. The molecule has 0 saturated heterocycles. The van der Waals surface area contributed by atoms with Crippen LogP contribution in [0.5, 0.6) is 0 Å². The number of urea groups is 1. The van der Waals surface area contributed by atoms with Gasteiger partial charge in [0.25, 0.3) is 5.95 Å². The summed E-state index contributed by atoms with van der Waals surface area (Å²) < 4.78 is 25.0. The first-order valence-electron chi connectivity index (χ1n) is 9.70. The monoisotopic (exact) mass is 482 g/mol. The van der Waals surface area contributed by atoms with E-state index in [4.69, 9.17) is 16.7 Å². The van der Waals surface area contributed by atoms with Crippen LogP contribution in [0.2, 0.25) is 5.02 Å². The smallest absolute Gasteiger partial charge is 0.308 e. The molecule has 0 spiro atoms. The van der Waals surface area contributed by atoms with Crippen molar-refractivity contribution in [1.29, 1.82) is 0 Å². The average molecular weight is 483 g/mol. The number of aromatic nitrogens is 3. The van der Waals surface area contributed by atoms with Crippen molar-refractivity contribution in [2.24, 2.45) is 5.14 Å². The minimum atomic E-state index is -3.93. The fraction of sp³-hybridized carbons (Fsp3) is 0.0455. The average Bonchev–Trinajstić information content (AvgIpc) is 3.18. The van der Waals surface area contributed by atoms with Crippen molar-refractivity contribution in [3.8, 4) is 17.1 Å². The summed E-state index contributed by atoms with van der Waals surface area (Å²) >= 11 is 6.14. The van der Waals surface area contributed by atoms with E-state index < -0.39 is 16.1 Å². The number of amides is 2. The van der Waals surface area contributed by atoms with Gasteiger partial charge in [-0.2, -0.15) is 4.98 Å².